The van der Waals surface area contributed by atoms with Gasteiger partial charge in [0, 0.05) is 13.1 Å². The molecule has 1 aliphatic heterocycles. The van der Waals surface area contributed by atoms with Gasteiger partial charge in [0.1, 0.15) is 0 Å². The minimum atomic E-state index is -3.61. The van der Waals surface area contributed by atoms with Crippen LogP contribution in [0.1, 0.15) is 12.5 Å². The quantitative estimate of drug-likeness (QED) is 0.904. The molecule has 2 aromatic rings. The Kier molecular flexibility index (Phi) is 5.06. The van der Waals surface area contributed by atoms with E-state index in [1.165, 1.54) is 0 Å². The molecular weight excluding hydrogens is 324 g/mol. The van der Waals surface area contributed by atoms with Gasteiger partial charge in [-0.3, -0.25) is 4.72 Å². The molecule has 24 heavy (non-hydrogen) atoms. The van der Waals surface area contributed by atoms with Crippen LogP contribution in [0.25, 0.3) is 0 Å². The fourth-order valence-corrected chi connectivity index (χ4v) is 3.82. The van der Waals surface area contributed by atoms with E-state index < -0.39 is 10.0 Å². The van der Waals surface area contributed by atoms with Crippen LogP contribution in [0.2, 0.25) is 0 Å². The first-order valence-electron chi connectivity index (χ1n) is 8.13. The molecule has 5 nitrogen and oxygen atoms in total. The number of para-hydroxylation sites is 2. The van der Waals surface area contributed by atoms with Gasteiger partial charge in [-0.2, -0.15) is 0 Å². The Hall–Kier alpha value is -2.05. The van der Waals surface area contributed by atoms with E-state index in [1.54, 1.807) is 18.2 Å². The van der Waals surface area contributed by atoms with Crippen molar-refractivity contribution in [1.82, 2.24) is 0 Å². The number of benzene rings is 2. The van der Waals surface area contributed by atoms with Crippen LogP contribution in [-0.4, -0.2) is 34.7 Å². The van der Waals surface area contributed by atoms with Gasteiger partial charge in [-0.05, 0) is 36.2 Å². The summed E-state index contributed by atoms with van der Waals surface area (Å²) in [4.78, 5) is 2.41. The largest absolute Gasteiger partial charge is 0.378 e. The highest BCUT2D eigenvalue weighted by Gasteiger charge is 2.19. The van der Waals surface area contributed by atoms with E-state index in [4.69, 9.17) is 4.74 Å². The molecular formula is C18H22N2O3S. The summed E-state index contributed by atoms with van der Waals surface area (Å²) in [6.45, 7) is 4.85. The van der Waals surface area contributed by atoms with Crippen LogP contribution < -0.4 is 9.62 Å². The Bertz CT molecular complexity index is 782. The first-order valence-corrected chi connectivity index (χ1v) is 9.62. The average Bonchev–Trinajstić information content (AvgIpc) is 2.63. The Morgan fingerprint density at radius 2 is 1.71 bits per heavy atom. The van der Waals surface area contributed by atoms with E-state index in [0.717, 1.165) is 30.8 Å². The molecule has 0 saturated carbocycles. The van der Waals surface area contributed by atoms with Crippen molar-refractivity contribution >= 4 is 21.4 Å². The molecule has 0 spiro atoms. The van der Waals surface area contributed by atoms with Crippen molar-refractivity contribution in [2.24, 2.45) is 0 Å². The maximum absolute atomic E-state index is 12.7. The lowest BCUT2D eigenvalue weighted by Crippen LogP contribution is -2.36. The third-order valence-electron chi connectivity index (χ3n) is 4.14. The van der Waals surface area contributed by atoms with Gasteiger partial charge in [0.15, 0.2) is 0 Å². The molecule has 0 radical (unpaired) electrons. The minimum absolute atomic E-state index is 0.275. The standard InChI is InChI=1S/C18H22N2O3S/c1-2-15-7-9-16(10-8-15)24(21,22)19-17-5-3-4-6-18(17)20-11-13-23-14-12-20/h3-10,19H,2,11-14H2,1H3. The van der Waals surface area contributed by atoms with Crippen LogP contribution in [0.3, 0.4) is 0 Å². The number of rotatable bonds is 5. The lowest BCUT2D eigenvalue weighted by molar-refractivity contribution is 0.123. The number of hydrogen-bond donors (Lipinski definition) is 1. The van der Waals surface area contributed by atoms with Crippen molar-refractivity contribution < 1.29 is 13.2 Å². The predicted molar refractivity (Wildman–Crippen MR) is 96.1 cm³/mol. The Morgan fingerprint density at radius 3 is 2.38 bits per heavy atom. The molecule has 6 heteroatoms. The second-order valence-electron chi connectivity index (χ2n) is 5.72. The molecule has 1 saturated heterocycles. The molecule has 2 aromatic carbocycles. The van der Waals surface area contributed by atoms with E-state index in [0.29, 0.717) is 18.9 Å². The molecule has 0 atom stereocenters. The molecule has 0 aromatic heterocycles. The molecule has 0 amide bonds. The lowest BCUT2D eigenvalue weighted by Gasteiger charge is -2.30. The van der Waals surface area contributed by atoms with E-state index >= 15 is 0 Å². The van der Waals surface area contributed by atoms with E-state index in [-0.39, 0.29) is 4.90 Å². The van der Waals surface area contributed by atoms with Crippen LogP contribution in [0.5, 0.6) is 0 Å². The van der Waals surface area contributed by atoms with E-state index in [2.05, 4.69) is 9.62 Å². The summed E-state index contributed by atoms with van der Waals surface area (Å²) in [6, 6.07) is 14.5. The average molecular weight is 346 g/mol. The van der Waals surface area contributed by atoms with Crippen molar-refractivity contribution in [2.45, 2.75) is 18.2 Å². The predicted octanol–water partition coefficient (Wildman–Crippen LogP) is 2.89. The highest BCUT2D eigenvalue weighted by atomic mass is 32.2. The first-order chi connectivity index (χ1) is 11.6. The van der Waals surface area contributed by atoms with Gasteiger partial charge in [-0.1, -0.05) is 31.2 Å². The molecule has 1 aliphatic rings. The highest BCUT2D eigenvalue weighted by molar-refractivity contribution is 7.92. The Balaban J connectivity index is 1.86. The molecule has 128 valence electrons. The third kappa shape index (κ3) is 3.71. The number of hydrogen-bond acceptors (Lipinski definition) is 4. The molecule has 1 heterocycles. The molecule has 1 N–H and O–H groups in total. The zero-order chi connectivity index (χ0) is 17.0. The molecule has 3 rings (SSSR count). The number of anilines is 2. The number of nitrogens with zero attached hydrogens (tertiary/aromatic N) is 1. The van der Waals surface area contributed by atoms with E-state index in [9.17, 15) is 8.42 Å². The number of ether oxygens (including phenoxy) is 1. The molecule has 0 bridgehead atoms. The van der Waals surface area contributed by atoms with Gasteiger partial charge in [-0.15, -0.1) is 0 Å². The monoisotopic (exact) mass is 346 g/mol. The maximum Gasteiger partial charge on any atom is 0.261 e. The second kappa shape index (κ2) is 7.23. The normalized spacial score (nSPS) is 15.3. The number of sulfonamides is 1. The van der Waals surface area contributed by atoms with Gasteiger partial charge in [0.2, 0.25) is 0 Å². The van der Waals surface area contributed by atoms with Gasteiger partial charge >= 0.3 is 0 Å². The summed E-state index contributed by atoms with van der Waals surface area (Å²) >= 11 is 0. The van der Waals surface area contributed by atoms with Crippen molar-refractivity contribution in [2.75, 3.05) is 35.9 Å². The van der Waals surface area contributed by atoms with Gasteiger partial charge < -0.3 is 9.64 Å². The Morgan fingerprint density at radius 1 is 1.04 bits per heavy atom. The van der Waals surface area contributed by atoms with Gasteiger partial charge in [0.05, 0.1) is 29.5 Å². The second-order valence-corrected chi connectivity index (χ2v) is 7.40. The maximum atomic E-state index is 12.7. The number of nitrogens with one attached hydrogen (secondary N) is 1. The fourth-order valence-electron chi connectivity index (χ4n) is 2.75. The zero-order valence-corrected chi connectivity index (χ0v) is 14.6. The summed E-state index contributed by atoms with van der Waals surface area (Å²) in [5, 5.41) is 0. The summed E-state index contributed by atoms with van der Waals surface area (Å²) in [6.07, 6.45) is 0.883. The summed E-state index contributed by atoms with van der Waals surface area (Å²) < 4.78 is 33.5. The topological polar surface area (TPSA) is 58.6 Å². The zero-order valence-electron chi connectivity index (χ0n) is 13.7. The van der Waals surface area contributed by atoms with Crippen molar-refractivity contribution in [3.8, 4) is 0 Å². The highest BCUT2D eigenvalue weighted by Crippen LogP contribution is 2.28. The SMILES string of the molecule is CCc1ccc(S(=O)(=O)Nc2ccccc2N2CCOCC2)cc1. The summed E-state index contributed by atoms with van der Waals surface area (Å²) in [7, 11) is -3.61. The number of aryl methyl sites for hydroxylation is 1. The summed E-state index contributed by atoms with van der Waals surface area (Å²) in [5.41, 5.74) is 2.59. The van der Waals surface area contributed by atoms with Crippen molar-refractivity contribution in [3.05, 3.63) is 54.1 Å². The molecule has 1 fully saturated rings. The summed E-state index contributed by atoms with van der Waals surface area (Å²) in [5.74, 6) is 0. The molecule has 0 aliphatic carbocycles. The molecule has 0 unspecified atom stereocenters. The van der Waals surface area contributed by atoms with Gasteiger partial charge in [0.25, 0.3) is 10.0 Å². The van der Waals surface area contributed by atoms with Crippen LogP contribution >= 0.6 is 0 Å². The van der Waals surface area contributed by atoms with Crippen LogP contribution in [0.15, 0.2) is 53.4 Å². The fraction of sp³-hybridized carbons (Fsp3) is 0.333. The van der Waals surface area contributed by atoms with Crippen LogP contribution in [0.4, 0.5) is 11.4 Å². The van der Waals surface area contributed by atoms with Crippen LogP contribution in [0, 0.1) is 0 Å². The first kappa shape index (κ1) is 16.8. The Labute approximate surface area is 143 Å². The van der Waals surface area contributed by atoms with Gasteiger partial charge in [-0.25, -0.2) is 8.42 Å². The smallest absolute Gasteiger partial charge is 0.261 e. The minimum Gasteiger partial charge on any atom is -0.378 e. The van der Waals surface area contributed by atoms with Crippen molar-refractivity contribution in [3.63, 3.8) is 0 Å². The number of morpholine rings is 1. The van der Waals surface area contributed by atoms with Crippen molar-refractivity contribution in [1.29, 1.82) is 0 Å². The van der Waals surface area contributed by atoms with E-state index in [1.807, 2.05) is 37.3 Å². The third-order valence-corrected chi connectivity index (χ3v) is 5.52. The van der Waals surface area contributed by atoms with Crippen LogP contribution in [-0.2, 0) is 21.2 Å². The lowest BCUT2D eigenvalue weighted by atomic mass is 10.2.